The van der Waals surface area contributed by atoms with Crippen LogP contribution in [0.25, 0.3) is 0 Å². The van der Waals surface area contributed by atoms with Crippen molar-refractivity contribution < 1.29 is 13.0 Å². The van der Waals surface area contributed by atoms with E-state index < -0.39 is 10.1 Å². The molecular weight excluding hydrogens is 288 g/mol. The van der Waals surface area contributed by atoms with Crippen LogP contribution in [-0.2, 0) is 23.0 Å². The van der Waals surface area contributed by atoms with Crippen LogP contribution in [-0.4, -0.2) is 24.7 Å². The van der Waals surface area contributed by atoms with Gasteiger partial charge in [-0.25, -0.2) is 4.99 Å². The smallest absolute Gasteiger partial charge is 0.296 e. The summed E-state index contributed by atoms with van der Waals surface area (Å²) >= 11 is 5.54. The van der Waals surface area contributed by atoms with Gasteiger partial charge in [-0.15, -0.1) is 11.6 Å². The third-order valence-electron chi connectivity index (χ3n) is 3.10. The zero-order valence-electron chi connectivity index (χ0n) is 10.3. The van der Waals surface area contributed by atoms with Crippen LogP contribution in [0.5, 0.6) is 0 Å². The first kappa shape index (κ1) is 14.3. The molecule has 1 aromatic rings. The lowest BCUT2D eigenvalue weighted by atomic mass is 9.91. The number of aliphatic imine (C=N–C) groups is 1. The summed E-state index contributed by atoms with van der Waals surface area (Å²) in [5.74, 6) is 0.115. The van der Waals surface area contributed by atoms with E-state index in [4.69, 9.17) is 17.3 Å². The Morgan fingerprint density at radius 2 is 1.89 bits per heavy atom. The van der Waals surface area contributed by atoms with Gasteiger partial charge in [0.15, 0.2) is 0 Å². The van der Waals surface area contributed by atoms with Crippen molar-refractivity contribution >= 4 is 33.2 Å². The van der Waals surface area contributed by atoms with E-state index in [2.05, 4.69) is 4.99 Å². The summed E-state index contributed by atoms with van der Waals surface area (Å²) in [4.78, 5) is 3.77. The van der Waals surface area contributed by atoms with Crippen LogP contribution in [0.3, 0.4) is 0 Å². The maximum Gasteiger partial charge on any atom is 0.296 e. The molecular formula is C12H15ClN2O3S. The van der Waals surface area contributed by atoms with Crippen LogP contribution >= 0.6 is 11.6 Å². The fraction of sp³-hybridized carbons (Fsp3) is 0.417. The maximum atomic E-state index is 11.4. The number of fused-ring (bicyclic) bond motifs is 1. The second-order valence-corrected chi connectivity index (χ2v) is 6.16. The average molecular weight is 303 g/mol. The lowest BCUT2D eigenvalue weighted by Crippen LogP contribution is -2.13. The second kappa shape index (κ2) is 5.48. The summed E-state index contributed by atoms with van der Waals surface area (Å²) < 4.78 is 32.1. The van der Waals surface area contributed by atoms with Crippen molar-refractivity contribution in [1.82, 2.24) is 0 Å². The number of amidine groups is 1. The van der Waals surface area contributed by atoms with E-state index >= 15 is 0 Å². The SMILES string of the molecule is NC(CCl)=Nc1cc2c(cc1S(=O)(=O)O)CCCC2. The van der Waals surface area contributed by atoms with E-state index in [0.29, 0.717) is 0 Å². The molecule has 0 saturated carbocycles. The van der Waals surface area contributed by atoms with E-state index in [-0.39, 0.29) is 22.3 Å². The molecule has 0 aromatic heterocycles. The fourth-order valence-corrected chi connectivity index (χ4v) is 2.95. The zero-order chi connectivity index (χ0) is 14.0. The predicted octanol–water partition coefficient (Wildman–Crippen LogP) is 2.04. The topological polar surface area (TPSA) is 92.8 Å². The summed E-state index contributed by atoms with van der Waals surface area (Å²) in [6.45, 7) is 0. The zero-order valence-corrected chi connectivity index (χ0v) is 11.8. The van der Waals surface area contributed by atoms with Gasteiger partial charge in [-0.1, -0.05) is 0 Å². The molecule has 3 N–H and O–H groups in total. The third-order valence-corrected chi connectivity index (χ3v) is 4.26. The van der Waals surface area contributed by atoms with Crippen LogP contribution in [0.15, 0.2) is 22.0 Å². The number of hydrogen-bond donors (Lipinski definition) is 2. The molecule has 1 aliphatic carbocycles. The molecule has 0 aliphatic heterocycles. The minimum absolute atomic E-state index is 0.00199. The summed E-state index contributed by atoms with van der Waals surface area (Å²) in [7, 11) is -4.33. The molecule has 19 heavy (non-hydrogen) atoms. The molecule has 104 valence electrons. The number of alkyl halides is 1. The Kier molecular flexibility index (Phi) is 4.13. The molecule has 0 bridgehead atoms. The largest absolute Gasteiger partial charge is 0.386 e. The van der Waals surface area contributed by atoms with Crippen molar-refractivity contribution in [2.45, 2.75) is 30.6 Å². The fourth-order valence-electron chi connectivity index (χ4n) is 2.23. The number of nitrogens with zero attached hydrogens (tertiary/aromatic N) is 1. The molecule has 0 unspecified atom stereocenters. The van der Waals surface area contributed by atoms with Gasteiger partial charge in [0, 0.05) is 0 Å². The third kappa shape index (κ3) is 3.26. The highest BCUT2D eigenvalue weighted by molar-refractivity contribution is 7.86. The predicted molar refractivity (Wildman–Crippen MR) is 74.9 cm³/mol. The van der Waals surface area contributed by atoms with Gasteiger partial charge in [0.1, 0.15) is 10.7 Å². The molecule has 1 aromatic carbocycles. The molecule has 0 saturated heterocycles. The Morgan fingerprint density at radius 1 is 1.32 bits per heavy atom. The summed E-state index contributed by atoms with van der Waals surface area (Å²) in [5.41, 5.74) is 7.69. The van der Waals surface area contributed by atoms with Crippen molar-refractivity contribution in [2.24, 2.45) is 10.7 Å². The van der Waals surface area contributed by atoms with Gasteiger partial charge in [0.25, 0.3) is 10.1 Å². The monoisotopic (exact) mass is 302 g/mol. The normalized spacial score (nSPS) is 16.2. The first-order chi connectivity index (χ1) is 8.91. The van der Waals surface area contributed by atoms with E-state index in [1.54, 1.807) is 6.07 Å². The van der Waals surface area contributed by atoms with E-state index in [9.17, 15) is 13.0 Å². The Bertz CT molecular complexity index is 626. The molecule has 0 spiro atoms. The summed E-state index contributed by atoms with van der Waals surface area (Å²) in [6.07, 6.45) is 3.77. The maximum absolute atomic E-state index is 11.4. The van der Waals surface area contributed by atoms with Gasteiger partial charge in [-0.2, -0.15) is 8.42 Å². The molecule has 0 amide bonds. The minimum atomic E-state index is -4.33. The van der Waals surface area contributed by atoms with Gasteiger partial charge < -0.3 is 5.73 Å². The Labute approximate surface area is 117 Å². The van der Waals surface area contributed by atoms with Crippen molar-refractivity contribution in [3.05, 3.63) is 23.3 Å². The van der Waals surface area contributed by atoms with Gasteiger partial charge in [0.2, 0.25) is 0 Å². The Hall–Kier alpha value is -1.11. The van der Waals surface area contributed by atoms with Gasteiger partial charge in [-0.05, 0) is 48.9 Å². The Morgan fingerprint density at radius 3 is 2.42 bits per heavy atom. The first-order valence-electron chi connectivity index (χ1n) is 5.94. The van der Waals surface area contributed by atoms with Crippen molar-refractivity contribution in [1.29, 1.82) is 0 Å². The lowest BCUT2D eigenvalue weighted by molar-refractivity contribution is 0.483. The van der Waals surface area contributed by atoms with Crippen LogP contribution in [0.1, 0.15) is 24.0 Å². The quantitative estimate of drug-likeness (QED) is 0.387. The van der Waals surface area contributed by atoms with Crippen molar-refractivity contribution in [3.63, 3.8) is 0 Å². The number of nitrogens with two attached hydrogens (primary N) is 1. The molecule has 5 nitrogen and oxygen atoms in total. The molecule has 0 atom stereocenters. The summed E-state index contributed by atoms with van der Waals surface area (Å²) in [5, 5.41) is 0. The van der Waals surface area contributed by atoms with Gasteiger partial charge in [0.05, 0.1) is 11.6 Å². The van der Waals surface area contributed by atoms with E-state index in [1.165, 1.54) is 6.07 Å². The standard InChI is InChI=1S/C12H15ClN2O3S/c13-7-12(14)15-10-5-8-3-1-2-4-9(8)6-11(10)19(16,17)18/h5-6H,1-4,7H2,(H2,14,15)(H,16,17,18). The molecule has 0 radical (unpaired) electrons. The lowest BCUT2D eigenvalue weighted by Gasteiger charge is -2.17. The minimum Gasteiger partial charge on any atom is -0.386 e. The van der Waals surface area contributed by atoms with Gasteiger partial charge >= 0.3 is 0 Å². The molecule has 0 heterocycles. The van der Waals surface area contributed by atoms with Crippen LogP contribution < -0.4 is 5.73 Å². The van der Waals surface area contributed by atoms with Crippen LogP contribution in [0.2, 0.25) is 0 Å². The first-order valence-corrected chi connectivity index (χ1v) is 7.91. The van der Waals surface area contributed by atoms with Crippen LogP contribution in [0.4, 0.5) is 5.69 Å². The Balaban J connectivity index is 2.62. The highest BCUT2D eigenvalue weighted by Gasteiger charge is 2.20. The summed E-state index contributed by atoms with van der Waals surface area (Å²) in [6, 6.07) is 3.17. The molecule has 7 heteroatoms. The number of aryl methyl sites for hydroxylation is 2. The van der Waals surface area contributed by atoms with E-state index in [1.807, 2.05) is 0 Å². The van der Waals surface area contributed by atoms with Crippen molar-refractivity contribution in [3.8, 4) is 0 Å². The highest BCUT2D eigenvalue weighted by atomic mass is 35.5. The van der Waals surface area contributed by atoms with Crippen LogP contribution in [0, 0.1) is 0 Å². The van der Waals surface area contributed by atoms with Gasteiger partial charge in [-0.3, -0.25) is 4.55 Å². The molecule has 1 aliphatic rings. The average Bonchev–Trinajstić information content (AvgIpc) is 2.36. The molecule has 2 rings (SSSR count). The van der Waals surface area contributed by atoms with E-state index in [0.717, 1.165) is 36.8 Å². The highest BCUT2D eigenvalue weighted by Crippen LogP contribution is 2.32. The number of rotatable bonds is 3. The van der Waals surface area contributed by atoms with Crippen molar-refractivity contribution in [2.75, 3.05) is 5.88 Å². The molecule has 0 fully saturated rings. The number of hydrogen-bond acceptors (Lipinski definition) is 3. The number of benzene rings is 1. The number of halogens is 1. The second-order valence-electron chi connectivity index (χ2n) is 4.51.